The van der Waals surface area contributed by atoms with Crippen LogP contribution in [0, 0.1) is 6.92 Å². The number of aryl methyl sites for hydroxylation is 1. The van der Waals surface area contributed by atoms with Gasteiger partial charge in [-0.15, -0.1) is 0 Å². The molecule has 0 fully saturated rings. The fraction of sp³-hybridized carbons (Fsp3) is 0.111. The summed E-state index contributed by atoms with van der Waals surface area (Å²) < 4.78 is 0.991. The highest BCUT2D eigenvalue weighted by Crippen LogP contribution is 2.40. The molecule has 0 nitrogen and oxygen atoms in total. The number of halogens is 3. The van der Waals surface area contributed by atoms with Crippen molar-refractivity contribution in [2.24, 2.45) is 0 Å². The highest BCUT2D eigenvalue weighted by atomic mass is 79.9. The normalized spacial score (nSPS) is 12.6. The molecule has 106 valence electrons. The predicted octanol–water partition coefficient (Wildman–Crippen LogP) is 7.05. The number of fused-ring (bicyclic) bond motifs is 1. The summed E-state index contributed by atoms with van der Waals surface area (Å²) in [5, 5.41) is 3.27. The molecule has 3 rings (SSSR count). The van der Waals surface area contributed by atoms with Gasteiger partial charge in [0.15, 0.2) is 0 Å². The van der Waals surface area contributed by atoms with E-state index in [2.05, 4.69) is 81.2 Å². The van der Waals surface area contributed by atoms with Gasteiger partial charge in [-0.1, -0.05) is 85.9 Å². The van der Waals surface area contributed by atoms with Gasteiger partial charge < -0.3 is 0 Å². The van der Waals surface area contributed by atoms with E-state index in [1.54, 1.807) is 0 Å². The molecule has 0 spiro atoms. The smallest absolute Gasteiger partial charge is 0.0667 e. The molecule has 3 heteroatoms. The monoisotopic (exact) mass is 422 g/mol. The molecule has 1 atom stereocenters. The van der Waals surface area contributed by atoms with Crippen molar-refractivity contribution in [1.82, 2.24) is 0 Å². The van der Waals surface area contributed by atoms with Crippen molar-refractivity contribution in [2.75, 3.05) is 0 Å². The van der Waals surface area contributed by atoms with Crippen molar-refractivity contribution >= 4 is 54.2 Å². The summed E-state index contributed by atoms with van der Waals surface area (Å²) in [6, 6.07) is 18.8. The third-order valence-electron chi connectivity index (χ3n) is 3.68. The largest absolute Gasteiger partial charge is 0.0839 e. The minimum absolute atomic E-state index is 0.0733. The molecule has 0 aliphatic rings. The first-order valence-corrected chi connectivity index (χ1v) is 8.74. The summed E-state index contributed by atoms with van der Waals surface area (Å²) in [4.78, 5) is 0.0733. The van der Waals surface area contributed by atoms with E-state index >= 15 is 0 Å². The minimum Gasteiger partial charge on any atom is -0.0839 e. The maximum atomic E-state index is 6.42. The Morgan fingerprint density at radius 2 is 1.76 bits per heavy atom. The van der Waals surface area contributed by atoms with Crippen LogP contribution in [-0.4, -0.2) is 0 Å². The second-order valence-corrected chi connectivity index (χ2v) is 7.28. The van der Waals surface area contributed by atoms with E-state index in [1.807, 2.05) is 12.1 Å². The molecule has 0 amide bonds. The first-order valence-electron chi connectivity index (χ1n) is 6.65. The summed E-state index contributed by atoms with van der Waals surface area (Å²) in [7, 11) is 0. The second kappa shape index (κ2) is 6.12. The van der Waals surface area contributed by atoms with Gasteiger partial charge in [0, 0.05) is 9.50 Å². The van der Waals surface area contributed by atoms with Gasteiger partial charge in [-0.3, -0.25) is 0 Å². The van der Waals surface area contributed by atoms with Crippen molar-refractivity contribution in [3.63, 3.8) is 0 Å². The highest BCUT2D eigenvalue weighted by molar-refractivity contribution is 9.10. The first kappa shape index (κ1) is 15.1. The van der Waals surface area contributed by atoms with Gasteiger partial charge >= 0.3 is 0 Å². The zero-order chi connectivity index (χ0) is 15.0. The van der Waals surface area contributed by atoms with Crippen LogP contribution in [0.4, 0.5) is 0 Å². The van der Waals surface area contributed by atoms with Crippen molar-refractivity contribution in [3.8, 4) is 0 Å². The lowest BCUT2D eigenvalue weighted by Crippen LogP contribution is -1.98. The van der Waals surface area contributed by atoms with E-state index in [0.29, 0.717) is 0 Å². The zero-order valence-electron chi connectivity index (χ0n) is 11.4. The van der Waals surface area contributed by atoms with Crippen LogP contribution in [0.15, 0.2) is 59.1 Å². The Bertz CT molecular complexity index is 811. The molecule has 0 bridgehead atoms. The Morgan fingerprint density at radius 1 is 1.00 bits per heavy atom. The number of hydrogen-bond acceptors (Lipinski definition) is 0. The van der Waals surface area contributed by atoms with E-state index in [1.165, 1.54) is 21.9 Å². The van der Waals surface area contributed by atoms with Crippen LogP contribution in [0.25, 0.3) is 10.8 Å². The van der Waals surface area contributed by atoms with Crippen LogP contribution in [0.3, 0.4) is 0 Å². The van der Waals surface area contributed by atoms with Gasteiger partial charge in [-0.2, -0.15) is 0 Å². The molecular formula is C18H13Br2Cl. The van der Waals surface area contributed by atoms with E-state index in [-0.39, 0.29) is 4.83 Å². The van der Waals surface area contributed by atoms with Gasteiger partial charge in [0.25, 0.3) is 0 Å². The average molecular weight is 425 g/mol. The molecule has 0 heterocycles. The lowest BCUT2D eigenvalue weighted by molar-refractivity contribution is 1.16. The Balaban J connectivity index is 2.21. The zero-order valence-corrected chi connectivity index (χ0v) is 15.3. The second-order valence-electron chi connectivity index (χ2n) is 5.05. The molecule has 1 unspecified atom stereocenters. The number of rotatable bonds is 2. The molecule has 0 aliphatic carbocycles. The van der Waals surface area contributed by atoms with E-state index in [0.717, 1.165) is 15.1 Å². The Kier molecular flexibility index (Phi) is 4.39. The van der Waals surface area contributed by atoms with Gasteiger partial charge in [0.05, 0.1) is 4.83 Å². The minimum atomic E-state index is 0.0733. The first-order chi connectivity index (χ1) is 10.1. The maximum absolute atomic E-state index is 6.42. The lowest BCUT2D eigenvalue weighted by Gasteiger charge is -2.18. The third-order valence-corrected chi connectivity index (χ3v) is 5.45. The predicted molar refractivity (Wildman–Crippen MR) is 98.6 cm³/mol. The van der Waals surface area contributed by atoms with Crippen LogP contribution in [0.5, 0.6) is 0 Å². The third kappa shape index (κ3) is 2.90. The molecule has 0 saturated carbocycles. The molecule has 0 aliphatic heterocycles. The van der Waals surface area contributed by atoms with E-state index in [4.69, 9.17) is 11.6 Å². The van der Waals surface area contributed by atoms with E-state index < -0.39 is 0 Å². The number of hydrogen-bond donors (Lipinski definition) is 0. The molecule has 3 aromatic rings. The van der Waals surface area contributed by atoms with Crippen LogP contribution in [0.2, 0.25) is 5.02 Å². The van der Waals surface area contributed by atoms with Crippen molar-refractivity contribution in [2.45, 2.75) is 11.8 Å². The number of alkyl halides is 1. The number of benzene rings is 3. The SMILES string of the molecule is Cc1ccc2ccccc2c1C(Br)c1ccc(Br)cc1Cl. The average Bonchev–Trinajstić information content (AvgIpc) is 2.46. The van der Waals surface area contributed by atoms with Crippen molar-refractivity contribution in [3.05, 3.63) is 80.8 Å². The summed E-state index contributed by atoms with van der Waals surface area (Å²) in [5.74, 6) is 0. The summed E-state index contributed by atoms with van der Waals surface area (Å²) in [6.45, 7) is 2.14. The molecule has 0 saturated heterocycles. The molecule has 3 aromatic carbocycles. The van der Waals surface area contributed by atoms with E-state index in [9.17, 15) is 0 Å². The van der Waals surface area contributed by atoms with Gasteiger partial charge in [-0.05, 0) is 46.5 Å². The summed E-state index contributed by atoms with van der Waals surface area (Å²) >= 11 is 13.7. The quantitative estimate of drug-likeness (QED) is 0.387. The fourth-order valence-electron chi connectivity index (χ4n) is 2.60. The maximum Gasteiger partial charge on any atom is 0.0667 e. The van der Waals surface area contributed by atoms with Gasteiger partial charge in [-0.25, -0.2) is 0 Å². The van der Waals surface area contributed by atoms with Crippen LogP contribution in [-0.2, 0) is 0 Å². The molecule has 21 heavy (non-hydrogen) atoms. The van der Waals surface area contributed by atoms with Crippen LogP contribution >= 0.6 is 43.5 Å². The van der Waals surface area contributed by atoms with Crippen LogP contribution in [0.1, 0.15) is 21.5 Å². The van der Waals surface area contributed by atoms with Gasteiger partial charge in [0.2, 0.25) is 0 Å². The highest BCUT2D eigenvalue weighted by Gasteiger charge is 2.18. The summed E-state index contributed by atoms with van der Waals surface area (Å²) in [6.07, 6.45) is 0. The van der Waals surface area contributed by atoms with Crippen molar-refractivity contribution < 1.29 is 0 Å². The van der Waals surface area contributed by atoms with Gasteiger partial charge in [0.1, 0.15) is 0 Å². The molecule has 0 radical (unpaired) electrons. The Hall–Kier alpha value is -0.830. The summed E-state index contributed by atoms with van der Waals surface area (Å²) in [5.41, 5.74) is 3.62. The van der Waals surface area contributed by atoms with Crippen LogP contribution < -0.4 is 0 Å². The lowest BCUT2D eigenvalue weighted by atomic mass is 9.94. The topological polar surface area (TPSA) is 0 Å². The fourth-order valence-corrected chi connectivity index (χ4v) is 4.52. The Labute approximate surface area is 146 Å². The molecule has 0 N–H and O–H groups in total. The molecule has 0 aromatic heterocycles. The standard InChI is InChI=1S/C18H13Br2Cl/c1-11-6-7-12-4-2-3-5-14(12)17(11)18(20)15-9-8-13(19)10-16(15)21/h2-10,18H,1H3. The van der Waals surface area contributed by atoms with Crippen molar-refractivity contribution in [1.29, 1.82) is 0 Å². The molecular weight excluding hydrogens is 411 g/mol. The Morgan fingerprint density at radius 3 is 2.52 bits per heavy atom.